The maximum atomic E-state index is 11.1. The van der Waals surface area contributed by atoms with Gasteiger partial charge >= 0.3 is 0 Å². The van der Waals surface area contributed by atoms with Gasteiger partial charge in [0.15, 0.2) is 0 Å². The zero-order valence-electron chi connectivity index (χ0n) is 11.9. The van der Waals surface area contributed by atoms with Crippen molar-refractivity contribution >= 4 is 11.4 Å². The van der Waals surface area contributed by atoms with Crippen LogP contribution in [0.3, 0.4) is 0 Å². The largest absolute Gasteiger partial charge is 0.383 e. The molecule has 1 atom stereocenters. The monoisotopic (exact) mass is 290 g/mol. The van der Waals surface area contributed by atoms with Crippen LogP contribution in [0.1, 0.15) is 18.4 Å². The van der Waals surface area contributed by atoms with Crippen LogP contribution in [-0.2, 0) is 4.74 Å². The van der Waals surface area contributed by atoms with E-state index in [-0.39, 0.29) is 16.8 Å². The number of benzene rings is 1. The molecule has 7 heteroatoms. The first-order chi connectivity index (χ1) is 10.1. The molecular weight excluding hydrogens is 272 g/mol. The van der Waals surface area contributed by atoms with E-state index in [2.05, 4.69) is 10.6 Å². The van der Waals surface area contributed by atoms with Crippen molar-refractivity contribution in [3.05, 3.63) is 33.9 Å². The van der Waals surface area contributed by atoms with Crippen LogP contribution in [0.4, 0.5) is 11.4 Å². The predicted octanol–water partition coefficient (Wildman–Crippen LogP) is 1.65. The average Bonchev–Trinajstić information content (AvgIpc) is 2.94. The number of methoxy groups -OCH3 is 1. The first-order valence-corrected chi connectivity index (χ1v) is 6.77. The molecule has 0 spiro atoms. The number of nitrogens with one attached hydrogen (secondary N) is 2. The van der Waals surface area contributed by atoms with E-state index < -0.39 is 4.92 Å². The lowest BCUT2D eigenvalue weighted by molar-refractivity contribution is -0.384. The predicted molar refractivity (Wildman–Crippen MR) is 78.1 cm³/mol. The second-order valence-corrected chi connectivity index (χ2v) is 5.20. The van der Waals surface area contributed by atoms with E-state index in [9.17, 15) is 10.1 Å². The van der Waals surface area contributed by atoms with Crippen LogP contribution < -0.4 is 10.6 Å². The molecule has 1 aliphatic heterocycles. The molecule has 7 nitrogen and oxygen atoms in total. The third-order valence-corrected chi connectivity index (χ3v) is 3.69. The highest BCUT2D eigenvalue weighted by Crippen LogP contribution is 2.27. The molecule has 1 aromatic rings. The third kappa shape index (κ3) is 3.48. The van der Waals surface area contributed by atoms with Gasteiger partial charge in [0.05, 0.1) is 28.7 Å². The minimum absolute atomic E-state index is 0.0837. The first-order valence-electron chi connectivity index (χ1n) is 6.77. The molecule has 21 heavy (non-hydrogen) atoms. The quantitative estimate of drug-likeness (QED) is 0.610. The summed E-state index contributed by atoms with van der Waals surface area (Å²) in [7, 11) is 1.64. The van der Waals surface area contributed by atoms with Gasteiger partial charge in [-0.3, -0.25) is 10.1 Å². The Bertz CT molecular complexity index is 562. The second-order valence-electron chi connectivity index (χ2n) is 5.20. The van der Waals surface area contributed by atoms with Gasteiger partial charge in [-0.2, -0.15) is 5.26 Å². The van der Waals surface area contributed by atoms with Gasteiger partial charge in [0.1, 0.15) is 5.69 Å². The molecule has 2 N–H and O–H groups in total. The summed E-state index contributed by atoms with van der Waals surface area (Å²) in [5.74, 6) is 0. The average molecular weight is 290 g/mol. The van der Waals surface area contributed by atoms with Crippen molar-refractivity contribution in [1.29, 1.82) is 5.26 Å². The SMILES string of the molecule is COCC1(CNc2ccc(C#N)cc2[N+](=O)[O-])CCCN1. The fraction of sp³-hybridized carbons (Fsp3) is 0.500. The van der Waals surface area contributed by atoms with Gasteiger partial charge in [-0.25, -0.2) is 0 Å². The smallest absolute Gasteiger partial charge is 0.293 e. The maximum absolute atomic E-state index is 11.1. The van der Waals surface area contributed by atoms with Crippen LogP contribution in [0, 0.1) is 21.4 Å². The Hall–Kier alpha value is -2.17. The molecule has 1 aliphatic rings. The molecule has 0 amide bonds. The Kier molecular flexibility index (Phi) is 4.73. The number of nitro groups is 1. The summed E-state index contributed by atoms with van der Waals surface area (Å²) in [6, 6.07) is 6.34. The van der Waals surface area contributed by atoms with E-state index in [1.54, 1.807) is 19.2 Å². The zero-order chi connectivity index (χ0) is 15.3. The Morgan fingerprint density at radius 1 is 1.62 bits per heavy atom. The number of nitro benzene ring substituents is 1. The fourth-order valence-electron chi connectivity index (χ4n) is 2.64. The lowest BCUT2D eigenvalue weighted by Crippen LogP contribution is -2.49. The molecule has 1 aromatic carbocycles. The van der Waals surface area contributed by atoms with Gasteiger partial charge in [0, 0.05) is 19.7 Å². The van der Waals surface area contributed by atoms with E-state index >= 15 is 0 Å². The summed E-state index contributed by atoms with van der Waals surface area (Å²) in [5.41, 5.74) is 0.414. The van der Waals surface area contributed by atoms with Crippen molar-refractivity contribution < 1.29 is 9.66 Å². The van der Waals surface area contributed by atoms with Gasteiger partial charge < -0.3 is 15.4 Å². The van der Waals surface area contributed by atoms with Crippen LogP contribution >= 0.6 is 0 Å². The summed E-state index contributed by atoms with van der Waals surface area (Å²) < 4.78 is 5.25. The second kappa shape index (κ2) is 6.52. The van der Waals surface area contributed by atoms with Gasteiger partial charge in [0.25, 0.3) is 5.69 Å². The highest BCUT2D eigenvalue weighted by molar-refractivity contribution is 5.64. The molecular formula is C14H18N4O3. The van der Waals surface area contributed by atoms with Crippen molar-refractivity contribution in [2.45, 2.75) is 18.4 Å². The summed E-state index contributed by atoms with van der Waals surface area (Å²) in [6.07, 6.45) is 2.01. The van der Waals surface area contributed by atoms with E-state index in [0.29, 0.717) is 18.8 Å². The molecule has 0 aromatic heterocycles. The summed E-state index contributed by atoms with van der Waals surface area (Å²) in [6.45, 7) is 2.00. The first kappa shape index (κ1) is 15.2. The molecule has 0 saturated carbocycles. The minimum atomic E-state index is -0.478. The summed E-state index contributed by atoms with van der Waals surface area (Å²) in [4.78, 5) is 10.6. The maximum Gasteiger partial charge on any atom is 0.293 e. The normalized spacial score (nSPS) is 21.0. The minimum Gasteiger partial charge on any atom is -0.383 e. The van der Waals surface area contributed by atoms with Gasteiger partial charge in [-0.15, -0.1) is 0 Å². The standard InChI is InChI=1S/C14H18N4O3/c1-21-10-14(5-2-6-17-14)9-16-12-4-3-11(8-15)7-13(12)18(19)20/h3-4,7,16-17H,2,5-6,9-10H2,1H3. The van der Waals surface area contributed by atoms with Crippen molar-refractivity contribution in [2.24, 2.45) is 0 Å². The number of nitriles is 1. The van der Waals surface area contributed by atoms with Crippen molar-refractivity contribution in [3.8, 4) is 6.07 Å². The van der Waals surface area contributed by atoms with Crippen LogP contribution in [0.5, 0.6) is 0 Å². The Labute approximate surface area is 123 Å². The number of rotatable bonds is 6. The van der Waals surface area contributed by atoms with E-state index in [1.807, 2.05) is 6.07 Å². The number of hydrogen-bond donors (Lipinski definition) is 2. The molecule has 1 unspecified atom stereocenters. The highest BCUT2D eigenvalue weighted by atomic mass is 16.6. The summed E-state index contributed by atoms with van der Waals surface area (Å²) >= 11 is 0. The molecule has 1 heterocycles. The van der Waals surface area contributed by atoms with E-state index in [4.69, 9.17) is 10.00 Å². The zero-order valence-corrected chi connectivity index (χ0v) is 11.9. The number of anilines is 1. The Morgan fingerprint density at radius 3 is 3.00 bits per heavy atom. The van der Waals surface area contributed by atoms with Crippen LogP contribution in [-0.4, -0.2) is 37.3 Å². The highest BCUT2D eigenvalue weighted by Gasteiger charge is 2.33. The Balaban J connectivity index is 2.16. The number of nitrogens with zero attached hydrogens (tertiary/aromatic N) is 2. The third-order valence-electron chi connectivity index (χ3n) is 3.69. The van der Waals surface area contributed by atoms with Crippen molar-refractivity contribution in [1.82, 2.24) is 5.32 Å². The fourth-order valence-corrected chi connectivity index (χ4v) is 2.64. The molecule has 2 rings (SSSR count). The Morgan fingerprint density at radius 2 is 2.43 bits per heavy atom. The van der Waals surface area contributed by atoms with Crippen LogP contribution in [0.25, 0.3) is 0 Å². The van der Waals surface area contributed by atoms with Crippen molar-refractivity contribution in [3.63, 3.8) is 0 Å². The molecule has 112 valence electrons. The molecule has 0 aliphatic carbocycles. The van der Waals surface area contributed by atoms with Gasteiger partial charge in [-0.05, 0) is 31.5 Å². The molecule has 1 saturated heterocycles. The topological polar surface area (TPSA) is 100 Å². The lowest BCUT2D eigenvalue weighted by atomic mass is 9.98. The summed E-state index contributed by atoms with van der Waals surface area (Å²) in [5, 5.41) is 26.5. The van der Waals surface area contributed by atoms with Crippen LogP contribution in [0.2, 0.25) is 0 Å². The van der Waals surface area contributed by atoms with Crippen LogP contribution in [0.15, 0.2) is 18.2 Å². The number of hydrogen-bond acceptors (Lipinski definition) is 6. The number of ether oxygens (including phenoxy) is 1. The van der Waals surface area contributed by atoms with Gasteiger partial charge in [0.2, 0.25) is 0 Å². The molecule has 1 fully saturated rings. The van der Waals surface area contributed by atoms with E-state index in [0.717, 1.165) is 19.4 Å². The lowest BCUT2D eigenvalue weighted by Gasteiger charge is -2.29. The molecule has 0 radical (unpaired) electrons. The van der Waals surface area contributed by atoms with Crippen molar-refractivity contribution in [2.75, 3.05) is 32.1 Å². The van der Waals surface area contributed by atoms with Gasteiger partial charge in [-0.1, -0.05) is 0 Å². The molecule has 0 bridgehead atoms. The van der Waals surface area contributed by atoms with E-state index in [1.165, 1.54) is 6.07 Å².